The second kappa shape index (κ2) is 12.4. The smallest absolute Gasteiger partial charge is 0.326 e. The van der Waals surface area contributed by atoms with Crippen LogP contribution in [-0.4, -0.2) is 34.5 Å². The van der Waals surface area contributed by atoms with E-state index in [4.69, 9.17) is 0 Å². The van der Waals surface area contributed by atoms with Crippen LogP contribution in [0.5, 0.6) is 0 Å². The van der Waals surface area contributed by atoms with E-state index in [-0.39, 0.29) is 5.91 Å². The highest BCUT2D eigenvalue weighted by atomic mass is 16.4. The Morgan fingerprint density at radius 1 is 0.913 bits per heavy atom. The zero-order chi connectivity index (χ0) is 16.9. The van der Waals surface area contributed by atoms with Crippen molar-refractivity contribution in [1.29, 1.82) is 0 Å². The topological polar surface area (TPSA) is 57.6 Å². The molecule has 1 atom stereocenters. The van der Waals surface area contributed by atoms with Crippen molar-refractivity contribution in [1.82, 2.24) is 4.90 Å². The average Bonchev–Trinajstić information content (AvgIpc) is 2.56. The lowest BCUT2D eigenvalue weighted by Gasteiger charge is -2.33. The van der Waals surface area contributed by atoms with Crippen molar-refractivity contribution in [2.75, 3.05) is 6.54 Å². The van der Waals surface area contributed by atoms with E-state index in [0.29, 0.717) is 19.4 Å². The molecule has 0 bridgehead atoms. The molecule has 0 saturated carbocycles. The van der Waals surface area contributed by atoms with Crippen LogP contribution in [-0.2, 0) is 9.59 Å². The number of hydrogen-bond acceptors (Lipinski definition) is 2. The summed E-state index contributed by atoms with van der Waals surface area (Å²) >= 11 is 0. The number of rotatable bonds is 12. The molecule has 1 aliphatic rings. The van der Waals surface area contributed by atoms with Gasteiger partial charge in [-0.2, -0.15) is 0 Å². The lowest BCUT2D eigenvalue weighted by molar-refractivity contribution is -0.152. The number of likely N-dealkylation sites (tertiary alicyclic amines) is 1. The molecule has 0 unspecified atom stereocenters. The highest BCUT2D eigenvalue weighted by Crippen LogP contribution is 2.19. The third-order valence-corrected chi connectivity index (χ3v) is 4.85. The second-order valence-corrected chi connectivity index (χ2v) is 6.87. The lowest BCUT2D eigenvalue weighted by Crippen LogP contribution is -2.47. The van der Waals surface area contributed by atoms with Crippen molar-refractivity contribution in [3.63, 3.8) is 0 Å². The minimum atomic E-state index is -0.846. The number of amides is 1. The van der Waals surface area contributed by atoms with Gasteiger partial charge in [0.1, 0.15) is 6.04 Å². The van der Waals surface area contributed by atoms with E-state index in [1.807, 2.05) is 0 Å². The Morgan fingerprint density at radius 3 is 2.04 bits per heavy atom. The molecule has 1 rings (SSSR count). The van der Waals surface area contributed by atoms with Gasteiger partial charge >= 0.3 is 5.97 Å². The van der Waals surface area contributed by atoms with E-state index >= 15 is 0 Å². The molecule has 1 heterocycles. The average molecular weight is 325 g/mol. The summed E-state index contributed by atoms with van der Waals surface area (Å²) in [4.78, 5) is 25.0. The van der Waals surface area contributed by atoms with E-state index in [1.54, 1.807) is 4.90 Å². The maximum Gasteiger partial charge on any atom is 0.326 e. The molecule has 0 aromatic carbocycles. The van der Waals surface area contributed by atoms with Gasteiger partial charge in [0.05, 0.1) is 0 Å². The van der Waals surface area contributed by atoms with Crippen LogP contribution in [0.4, 0.5) is 0 Å². The summed E-state index contributed by atoms with van der Waals surface area (Å²) in [5.41, 5.74) is 0. The summed E-state index contributed by atoms with van der Waals surface area (Å²) < 4.78 is 0. The Balaban J connectivity index is 2.04. The predicted molar refractivity (Wildman–Crippen MR) is 93.4 cm³/mol. The monoisotopic (exact) mass is 325 g/mol. The molecule has 23 heavy (non-hydrogen) atoms. The summed E-state index contributed by atoms with van der Waals surface area (Å²) in [6, 6.07) is -0.584. The first kappa shape index (κ1) is 20.0. The number of piperidine rings is 1. The number of nitrogens with zero attached hydrogens (tertiary/aromatic N) is 1. The van der Waals surface area contributed by atoms with Crippen molar-refractivity contribution < 1.29 is 14.7 Å². The molecular formula is C19H35NO3. The summed E-state index contributed by atoms with van der Waals surface area (Å²) in [5, 5.41) is 9.21. The van der Waals surface area contributed by atoms with Crippen molar-refractivity contribution in [2.24, 2.45) is 0 Å². The fourth-order valence-corrected chi connectivity index (χ4v) is 3.39. The van der Waals surface area contributed by atoms with Crippen LogP contribution in [0.15, 0.2) is 0 Å². The zero-order valence-electron chi connectivity index (χ0n) is 14.9. The standard InChI is InChI=1S/C19H35NO3/c1-2-3-4-5-6-7-8-9-10-11-15-18(21)20-16-13-12-14-17(20)19(22)23/h17H,2-16H2,1H3,(H,22,23)/t17-/m0/s1. The number of carboxylic acids is 1. The maximum atomic E-state index is 12.2. The molecule has 1 saturated heterocycles. The van der Waals surface area contributed by atoms with Crippen LogP contribution in [0.1, 0.15) is 96.8 Å². The normalized spacial score (nSPS) is 18.1. The third kappa shape index (κ3) is 8.38. The Labute approximate surface area is 141 Å². The largest absolute Gasteiger partial charge is 0.480 e. The summed E-state index contributed by atoms with van der Waals surface area (Å²) in [5.74, 6) is -0.808. The first-order chi connectivity index (χ1) is 11.2. The van der Waals surface area contributed by atoms with Gasteiger partial charge in [-0.05, 0) is 25.7 Å². The van der Waals surface area contributed by atoms with E-state index in [9.17, 15) is 14.7 Å². The number of carbonyl (C=O) groups is 2. The molecule has 1 N–H and O–H groups in total. The lowest BCUT2D eigenvalue weighted by atomic mass is 10.0. The Hall–Kier alpha value is -1.06. The molecule has 4 nitrogen and oxygen atoms in total. The highest BCUT2D eigenvalue weighted by Gasteiger charge is 2.31. The van der Waals surface area contributed by atoms with Crippen LogP contribution in [0, 0.1) is 0 Å². The van der Waals surface area contributed by atoms with Crippen LogP contribution in [0.3, 0.4) is 0 Å². The van der Waals surface area contributed by atoms with Crippen molar-refractivity contribution in [3.05, 3.63) is 0 Å². The van der Waals surface area contributed by atoms with E-state index < -0.39 is 12.0 Å². The van der Waals surface area contributed by atoms with Gasteiger partial charge < -0.3 is 10.0 Å². The van der Waals surface area contributed by atoms with Crippen LogP contribution < -0.4 is 0 Å². The van der Waals surface area contributed by atoms with Gasteiger partial charge in [0.2, 0.25) is 5.91 Å². The highest BCUT2D eigenvalue weighted by molar-refractivity contribution is 5.83. The van der Waals surface area contributed by atoms with Crippen molar-refractivity contribution in [3.8, 4) is 0 Å². The summed E-state index contributed by atoms with van der Waals surface area (Å²) in [7, 11) is 0. The van der Waals surface area contributed by atoms with E-state index in [1.165, 1.54) is 51.4 Å². The van der Waals surface area contributed by atoms with Crippen LogP contribution in [0.2, 0.25) is 0 Å². The number of carbonyl (C=O) groups excluding carboxylic acids is 1. The zero-order valence-corrected chi connectivity index (χ0v) is 14.9. The quantitative estimate of drug-likeness (QED) is 0.526. The van der Waals surface area contributed by atoms with Gasteiger partial charge in [0.25, 0.3) is 0 Å². The summed E-state index contributed by atoms with van der Waals surface area (Å²) in [6.07, 6.45) is 15.5. The maximum absolute atomic E-state index is 12.2. The van der Waals surface area contributed by atoms with E-state index in [0.717, 1.165) is 25.7 Å². The molecule has 0 aromatic heterocycles. The van der Waals surface area contributed by atoms with Gasteiger partial charge in [-0.3, -0.25) is 4.79 Å². The molecule has 0 radical (unpaired) electrons. The van der Waals surface area contributed by atoms with Gasteiger partial charge in [-0.15, -0.1) is 0 Å². The predicted octanol–water partition coefficient (Wildman–Crippen LogP) is 4.76. The van der Waals surface area contributed by atoms with Crippen molar-refractivity contribution in [2.45, 2.75) is 103 Å². The second-order valence-electron chi connectivity index (χ2n) is 6.87. The van der Waals surface area contributed by atoms with Crippen LogP contribution >= 0.6 is 0 Å². The Bertz CT molecular complexity index is 344. The van der Waals surface area contributed by atoms with Crippen LogP contribution in [0.25, 0.3) is 0 Å². The first-order valence-electron chi connectivity index (χ1n) is 9.69. The fourth-order valence-electron chi connectivity index (χ4n) is 3.39. The minimum Gasteiger partial charge on any atom is -0.480 e. The Kier molecular flexibility index (Phi) is 10.8. The molecule has 1 amide bonds. The third-order valence-electron chi connectivity index (χ3n) is 4.85. The minimum absolute atomic E-state index is 0.0386. The number of aliphatic carboxylic acids is 1. The molecule has 1 aliphatic heterocycles. The fraction of sp³-hybridized carbons (Fsp3) is 0.895. The van der Waals surface area contributed by atoms with Gasteiger partial charge in [-0.1, -0.05) is 64.7 Å². The van der Waals surface area contributed by atoms with Gasteiger partial charge in [0.15, 0.2) is 0 Å². The molecule has 134 valence electrons. The molecular weight excluding hydrogens is 290 g/mol. The summed E-state index contributed by atoms with van der Waals surface area (Å²) in [6.45, 7) is 2.86. The molecule has 0 aromatic rings. The van der Waals surface area contributed by atoms with Gasteiger partial charge in [0, 0.05) is 13.0 Å². The Morgan fingerprint density at radius 2 is 1.48 bits per heavy atom. The molecule has 0 spiro atoms. The molecule has 0 aliphatic carbocycles. The number of unbranched alkanes of at least 4 members (excludes halogenated alkanes) is 9. The van der Waals surface area contributed by atoms with Crippen molar-refractivity contribution >= 4 is 11.9 Å². The SMILES string of the molecule is CCCCCCCCCCCCC(=O)N1CCCC[C@H]1C(=O)O. The molecule has 1 fully saturated rings. The van der Waals surface area contributed by atoms with E-state index in [2.05, 4.69) is 6.92 Å². The van der Waals surface area contributed by atoms with Gasteiger partial charge in [-0.25, -0.2) is 4.79 Å². The molecule has 4 heteroatoms. The number of carboxylic acid groups (broad SMARTS) is 1. The number of hydrogen-bond donors (Lipinski definition) is 1. The first-order valence-corrected chi connectivity index (χ1v) is 9.69.